The molecule has 6 heteroatoms. The van der Waals surface area contributed by atoms with Crippen LogP contribution in [-0.4, -0.2) is 23.8 Å². The molecule has 3 nitrogen and oxygen atoms in total. The zero-order valence-corrected chi connectivity index (χ0v) is 32.7. The summed E-state index contributed by atoms with van der Waals surface area (Å²) in [6.45, 7) is 29.6. The number of hydrogen-bond donors (Lipinski definition) is 0. The summed E-state index contributed by atoms with van der Waals surface area (Å²) in [6, 6.07) is 16.9. The molecule has 0 saturated carbocycles. The van der Waals surface area contributed by atoms with Gasteiger partial charge in [0.2, 0.25) is 0 Å². The summed E-state index contributed by atoms with van der Waals surface area (Å²) in [7, 11) is 11.6. The number of halogens is 2. The van der Waals surface area contributed by atoms with E-state index >= 15 is 0 Å². The van der Waals surface area contributed by atoms with Crippen molar-refractivity contribution in [3.63, 3.8) is 0 Å². The van der Waals surface area contributed by atoms with Crippen LogP contribution in [0.4, 0.5) is 11.4 Å². The molecule has 0 aromatic heterocycles. The first kappa shape index (κ1) is 40.5. The summed E-state index contributed by atoms with van der Waals surface area (Å²) >= 11 is -1.77. The van der Waals surface area contributed by atoms with Crippen LogP contribution < -0.4 is 14.5 Å². The van der Waals surface area contributed by atoms with Crippen molar-refractivity contribution >= 4 is 35.4 Å². The predicted octanol–water partition coefficient (Wildman–Crippen LogP) is 11.7. The number of ether oxygens (including phenoxy) is 1. The minimum absolute atomic E-state index is 0.163. The van der Waals surface area contributed by atoms with Crippen molar-refractivity contribution in [1.82, 2.24) is 0 Å². The van der Waals surface area contributed by atoms with Gasteiger partial charge in [-0.3, -0.25) is 0 Å². The Morgan fingerprint density at radius 1 is 0.689 bits per heavy atom. The number of para-hydroxylation sites is 1. The van der Waals surface area contributed by atoms with Crippen molar-refractivity contribution in [2.75, 3.05) is 22.9 Å². The Balaban J connectivity index is 0.000000390. The van der Waals surface area contributed by atoms with Gasteiger partial charge in [-0.25, -0.2) is 0 Å². The molecule has 3 aromatic rings. The molecule has 0 atom stereocenters. The standard InChI is InChI=1S/C21H27N2.C10H12O.2C4H8.2ClH.Ru/c1-14-9-16(3)20(17(4)10-14)22-7-8-23(13-22)21-18(5)11-15(2)12-19(21)6;1-8(2)11-10-7-5-4-6-9(10)3;2*1-3-4-2;;;/h9-13H,7-8H2,1-6H3;3-8H,1-2H3;2*3-4H,1-2H3;2*1H;/q+1;;;;;;+2/p-2/b;;2*4-3+;;;. The molecule has 1 heterocycles. The maximum absolute atomic E-state index is 5.82. The topological polar surface area (TPSA) is 15.7 Å². The minimum Gasteiger partial charge on any atom is -0.188 e. The van der Waals surface area contributed by atoms with Gasteiger partial charge in [-0.05, 0) is 91.5 Å². The van der Waals surface area contributed by atoms with E-state index in [1.165, 1.54) is 44.8 Å². The molecule has 0 unspecified atom stereocenters. The second-order valence-electron chi connectivity index (χ2n) is 11.3. The van der Waals surface area contributed by atoms with E-state index in [-0.39, 0.29) is 6.10 Å². The molecule has 1 fully saturated rings. The summed E-state index contributed by atoms with van der Waals surface area (Å²) in [6.07, 6.45) is 8.16. The molecule has 45 heavy (non-hydrogen) atoms. The molecule has 4 rings (SSSR count). The number of allylic oxidation sites excluding steroid dienone is 4. The number of benzene rings is 3. The number of rotatable bonds is 5. The van der Waals surface area contributed by atoms with E-state index in [1.54, 1.807) is 0 Å². The second-order valence-corrected chi connectivity index (χ2v) is 17.1. The van der Waals surface area contributed by atoms with Crippen LogP contribution in [-0.2, 0) is 13.5 Å². The van der Waals surface area contributed by atoms with E-state index in [0.29, 0.717) is 0 Å². The third-order valence-corrected chi connectivity index (χ3v) is 8.67. The molecule has 1 saturated heterocycles. The molecule has 0 bridgehead atoms. The quantitative estimate of drug-likeness (QED) is 0.147. The van der Waals surface area contributed by atoms with Crippen LogP contribution in [0, 0.1) is 48.2 Å². The summed E-state index contributed by atoms with van der Waals surface area (Å²) in [5.41, 5.74) is 11.8. The van der Waals surface area contributed by atoms with Gasteiger partial charge in [-0.15, -0.1) is 0 Å². The first-order chi connectivity index (χ1) is 21.3. The number of hydrogen-bond acceptors (Lipinski definition) is 3. The van der Waals surface area contributed by atoms with Crippen LogP contribution >= 0.6 is 19.4 Å². The zero-order valence-electron chi connectivity index (χ0n) is 29.5. The van der Waals surface area contributed by atoms with Gasteiger partial charge in [0.05, 0.1) is 24.5 Å². The van der Waals surface area contributed by atoms with Crippen LogP contribution in [0.1, 0.15) is 80.5 Å². The number of aryl methyl sites for hydroxylation is 6. The van der Waals surface area contributed by atoms with Crippen molar-refractivity contribution < 1.29 is 18.3 Å². The SMILES string of the molecule is C/C=C/C.C/C=C/C.CC(C)Oc1ccccc1[CH]=[Ru]([Cl])[Cl].Cc1cc(C)c(N2[CH+]N(c3c(C)cc(C)cc3C)CC2)c(C)c1. The van der Waals surface area contributed by atoms with Gasteiger partial charge in [-0.2, -0.15) is 9.80 Å². The summed E-state index contributed by atoms with van der Waals surface area (Å²) in [4.78, 5) is 4.81. The molecule has 0 spiro atoms. The first-order valence-corrected chi connectivity index (χ1v) is 21.0. The van der Waals surface area contributed by atoms with Crippen molar-refractivity contribution in [2.45, 2.75) is 89.2 Å². The molecule has 248 valence electrons. The van der Waals surface area contributed by atoms with Crippen LogP contribution in [0.2, 0.25) is 0 Å². The molecule has 3 aromatic carbocycles. The van der Waals surface area contributed by atoms with Crippen molar-refractivity contribution in [1.29, 1.82) is 0 Å². The van der Waals surface area contributed by atoms with Gasteiger partial charge in [-0.1, -0.05) is 59.7 Å². The van der Waals surface area contributed by atoms with Gasteiger partial charge in [0, 0.05) is 0 Å². The molecule has 0 amide bonds. The van der Waals surface area contributed by atoms with E-state index in [2.05, 4.69) is 82.3 Å². The second kappa shape index (κ2) is 21.3. The zero-order chi connectivity index (χ0) is 34.1. The Labute approximate surface area is 288 Å². The molecule has 0 N–H and O–H groups in total. The average molecular weight is 740 g/mol. The van der Waals surface area contributed by atoms with Gasteiger partial charge in [0.15, 0.2) is 0 Å². The fraction of sp³-hybridized carbons (Fsp3) is 0.385. The van der Waals surface area contributed by atoms with Crippen molar-refractivity contribution in [3.8, 4) is 5.75 Å². The fourth-order valence-electron chi connectivity index (χ4n) is 5.10. The smallest absolute Gasteiger partial charge is 0.188 e. The monoisotopic (exact) mass is 739 g/mol. The normalized spacial score (nSPS) is 12.6. The van der Waals surface area contributed by atoms with Crippen molar-refractivity contribution in [3.05, 3.63) is 118 Å². The van der Waals surface area contributed by atoms with E-state index in [0.717, 1.165) is 24.4 Å². The Morgan fingerprint density at radius 3 is 1.40 bits per heavy atom. The van der Waals surface area contributed by atoms with E-state index in [1.807, 2.05) is 94.7 Å². The van der Waals surface area contributed by atoms with E-state index < -0.39 is 13.5 Å². The largest absolute Gasteiger partial charge is 0.295 e. The third-order valence-electron chi connectivity index (χ3n) is 6.84. The first-order valence-electron chi connectivity index (χ1n) is 15.6. The van der Waals surface area contributed by atoms with Crippen LogP contribution in [0.5, 0.6) is 5.75 Å². The Kier molecular flexibility index (Phi) is 19.2. The third kappa shape index (κ3) is 14.2. The molecular weight excluding hydrogens is 684 g/mol. The van der Waals surface area contributed by atoms with Gasteiger partial charge >= 0.3 is 97.8 Å². The molecular formula is C39H55Cl2N2ORu+. The summed E-state index contributed by atoms with van der Waals surface area (Å²) in [5, 5.41) is 0. The van der Waals surface area contributed by atoms with Crippen molar-refractivity contribution in [2.24, 2.45) is 0 Å². The Bertz CT molecular complexity index is 1300. The average Bonchev–Trinajstić information content (AvgIpc) is 3.42. The molecule has 0 aliphatic carbocycles. The number of anilines is 2. The van der Waals surface area contributed by atoms with Gasteiger partial charge in [0.1, 0.15) is 0 Å². The summed E-state index contributed by atoms with van der Waals surface area (Å²) in [5.74, 6) is 0.850. The Morgan fingerprint density at radius 2 is 1.07 bits per heavy atom. The van der Waals surface area contributed by atoms with Crippen LogP contribution in [0.15, 0.2) is 72.8 Å². The molecule has 1 aliphatic rings. The van der Waals surface area contributed by atoms with Crippen LogP contribution in [0.25, 0.3) is 0 Å². The van der Waals surface area contributed by atoms with Gasteiger partial charge < -0.3 is 0 Å². The summed E-state index contributed by atoms with van der Waals surface area (Å²) < 4.78 is 7.51. The molecule has 0 radical (unpaired) electrons. The Hall–Kier alpha value is -2.52. The maximum atomic E-state index is 5.82. The predicted molar refractivity (Wildman–Crippen MR) is 200 cm³/mol. The van der Waals surface area contributed by atoms with Crippen LogP contribution in [0.3, 0.4) is 0 Å². The van der Waals surface area contributed by atoms with E-state index in [9.17, 15) is 0 Å². The van der Waals surface area contributed by atoms with Gasteiger partial charge in [0.25, 0.3) is 6.67 Å². The number of nitrogens with zero attached hydrogens (tertiary/aromatic N) is 2. The van der Waals surface area contributed by atoms with E-state index in [4.69, 9.17) is 24.1 Å². The fourth-order valence-corrected chi connectivity index (χ4v) is 6.90. The minimum atomic E-state index is -1.77. The molecule has 1 aliphatic heterocycles. The maximum Gasteiger partial charge on any atom is 0.295 e.